The van der Waals surface area contributed by atoms with Crippen LogP contribution in [-0.2, 0) is 6.42 Å². The quantitative estimate of drug-likeness (QED) is 0.674. The first kappa shape index (κ1) is 7.24. The van der Waals surface area contributed by atoms with E-state index in [0.717, 1.165) is 23.0 Å². The Labute approximate surface area is 69.8 Å². The number of nitrogens with one attached hydrogen (secondary N) is 1. The zero-order valence-corrected chi connectivity index (χ0v) is 6.62. The maximum atomic E-state index is 5.45. The van der Waals surface area contributed by atoms with Crippen molar-refractivity contribution in [1.82, 2.24) is 15.2 Å². The van der Waals surface area contributed by atoms with Crippen LogP contribution < -0.4 is 5.73 Å². The zero-order chi connectivity index (χ0) is 8.39. The fourth-order valence-electron chi connectivity index (χ4n) is 1.25. The molecular weight excluding hydrogens is 152 g/mol. The standard InChI is InChI=1S/C8H10N4/c9-3-1-7-8-6(2-4-10-7)5-11-12-8/h2,4-5H,1,3,9H2,(H,11,12). The third kappa shape index (κ3) is 1.06. The molecule has 3 N–H and O–H groups in total. The molecule has 2 aromatic heterocycles. The minimum absolute atomic E-state index is 0.616. The molecule has 0 aromatic carbocycles. The topological polar surface area (TPSA) is 67.6 Å². The number of aromatic nitrogens is 3. The Morgan fingerprint density at radius 1 is 1.50 bits per heavy atom. The number of aromatic amines is 1. The van der Waals surface area contributed by atoms with Gasteiger partial charge < -0.3 is 5.73 Å². The molecule has 2 aromatic rings. The summed E-state index contributed by atoms with van der Waals surface area (Å²) in [5.74, 6) is 0. The summed E-state index contributed by atoms with van der Waals surface area (Å²) in [5.41, 5.74) is 7.44. The monoisotopic (exact) mass is 162 g/mol. The van der Waals surface area contributed by atoms with Crippen molar-refractivity contribution in [3.05, 3.63) is 24.2 Å². The first-order chi connectivity index (χ1) is 5.92. The highest BCUT2D eigenvalue weighted by atomic mass is 15.1. The van der Waals surface area contributed by atoms with E-state index in [4.69, 9.17) is 5.73 Å². The second-order valence-electron chi connectivity index (χ2n) is 2.63. The molecule has 12 heavy (non-hydrogen) atoms. The van der Waals surface area contributed by atoms with Crippen molar-refractivity contribution >= 4 is 10.9 Å². The molecule has 0 saturated carbocycles. The molecule has 0 aliphatic carbocycles. The van der Waals surface area contributed by atoms with Crippen molar-refractivity contribution in [2.24, 2.45) is 5.73 Å². The molecule has 0 amide bonds. The number of hydrogen-bond acceptors (Lipinski definition) is 3. The summed E-state index contributed by atoms with van der Waals surface area (Å²) in [4.78, 5) is 4.22. The van der Waals surface area contributed by atoms with Gasteiger partial charge in [-0.15, -0.1) is 0 Å². The van der Waals surface area contributed by atoms with Crippen LogP contribution in [0.2, 0.25) is 0 Å². The second kappa shape index (κ2) is 2.91. The Hall–Kier alpha value is -1.42. The van der Waals surface area contributed by atoms with Gasteiger partial charge in [0.25, 0.3) is 0 Å². The van der Waals surface area contributed by atoms with Crippen molar-refractivity contribution in [2.45, 2.75) is 6.42 Å². The number of H-pyrrole nitrogens is 1. The average Bonchev–Trinajstić information content (AvgIpc) is 2.53. The third-order valence-corrected chi connectivity index (χ3v) is 1.82. The first-order valence-corrected chi connectivity index (χ1v) is 3.89. The van der Waals surface area contributed by atoms with E-state index in [0.29, 0.717) is 6.54 Å². The highest BCUT2D eigenvalue weighted by Crippen LogP contribution is 2.12. The van der Waals surface area contributed by atoms with Crippen molar-refractivity contribution < 1.29 is 0 Å². The Morgan fingerprint density at radius 3 is 3.25 bits per heavy atom. The van der Waals surface area contributed by atoms with Gasteiger partial charge in [-0.3, -0.25) is 10.1 Å². The largest absolute Gasteiger partial charge is 0.330 e. The van der Waals surface area contributed by atoms with E-state index in [1.54, 1.807) is 12.4 Å². The van der Waals surface area contributed by atoms with Crippen LogP contribution in [0.25, 0.3) is 10.9 Å². The molecule has 4 heteroatoms. The van der Waals surface area contributed by atoms with Gasteiger partial charge in [-0.05, 0) is 12.6 Å². The van der Waals surface area contributed by atoms with Gasteiger partial charge in [-0.2, -0.15) is 5.10 Å². The number of nitrogens with two attached hydrogens (primary N) is 1. The van der Waals surface area contributed by atoms with Gasteiger partial charge in [0.2, 0.25) is 0 Å². The maximum absolute atomic E-state index is 5.45. The van der Waals surface area contributed by atoms with E-state index >= 15 is 0 Å². The van der Waals surface area contributed by atoms with Crippen LogP contribution in [0.4, 0.5) is 0 Å². The highest BCUT2D eigenvalue weighted by Gasteiger charge is 2.01. The fourth-order valence-corrected chi connectivity index (χ4v) is 1.25. The molecule has 2 heterocycles. The Bertz CT molecular complexity index is 379. The van der Waals surface area contributed by atoms with Crippen LogP contribution in [0.15, 0.2) is 18.5 Å². The zero-order valence-electron chi connectivity index (χ0n) is 6.62. The van der Waals surface area contributed by atoms with E-state index < -0.39 is 0 Å². The lowest BCUT2D eigenvalue weighted by atomic mass is 10.2. The van der Waals surface area contributed by atoms with Crippen LogP contribution in [0, 0.1) is 0 Å². The van der Waals surface area contributed by atoms with E-state index in [2.05, 4.69) is 15.2 Å². The van der Waals surface area contributed by atoms with Crippen molar-refractivity contribution in [1.29, 1.82) is 0 Å². The van der Waals surface area contributed by atoms with E-state index in [-0.39, 0.29) is 0 Å². The molecular formula is C8H10N4. The minimum atomic E-state index is 0.616. The van der Waals surface area contributed by atoms with Gasteiger partial charge in [-0.1, -0.05) is 0 Å². The van der Waals surface area contributed by atoms with E-state index in [9.17, 15) is 0 Å². The van der Waals surface area contributed by atoms with E-state index in [1.165, 1.54) is 0 Å². The van der Waals surface area contributed by atoms with Gasteiger partial charge in [-0.25, -0.2) is 0 Å². The van der Waals surface area contributed by atoms with Crippen LogP contribution >= 0.6 is 0 Å². The van der Waals surface area contributed by atoms with Crippen LogP contribution in [0.3, 0.4) is 0 Å². The van der Waals surface area contributed by atoms with Crippen molar-refractivity contribution in [3.63, 3.8) is 0 Å². The normalized spacial score (nSPS) is 10.8. The molecule has 0 bridgehead atoms. The number of fused-ring (bicyclic) bond motifs is 1. The lowest BCUT2D eigenvalue weighted by Gasteiger charge is -1.97. The molecule has 0 saturated heterocycles. The van der Waals surface area contributed by atoms with Gasteiger partial charge in [0, 0.05) is 18.0 Å². The molecule has 0 radical (unpaired) electrons. The molecule has 62 valence electrons. The number of hydrogen-bond donors (Lipinski definition) is 2. The predicted molar refractivity (Wildman–Crippen MR) is 46.6 cm³/mol. The van der Waals surface area contributed by atoms with Gasteiger partial charge in [0.1, 0.15) is 0 Å². The summed E-state index contributed by atoms with van der Waals surface area (Å²) in [6, 6.07) is 1.93. The van der Waals surface area contributed by atoms with Crippen LogP contribution in [0.1, 0.15) is 5.69 Å². The molecule has 4 nitrogen and oxygen atoms in total. The predicted octanol–water partition coefficient (Wildman–Crippen LogP) is 0.459. The van der Waals surface area contributed by atoms with Crippen molar-refractivity contribution in [3.8, 4) is 0 Å². The Balaban J connectivity index is 2.57. The second-order valence-corrected chi connectivity index (χ2v) is 2.63. The summed E-state index contributed by atoms with van der Waals surface area (Å²) in [5, 5.41) is 7.93. The summed E-state index contributed by atoms with van der Waals surface area (Å²) >= 11 is 0. The van der Waals surface area contributed by atoms with Crippen molar-refractivity contribution in [2.75, 3.05) is 6.54 Å². The molecule has 0 aliphatic heterocycles. The smallest absolute Gasteiger partial charge is 0.0866 e. The number of pyridine rings is 1. The summed E-state index contributed by atoms with van der Waals surface area (Å²) in [6.45, 7) is 0.616. The summed E-state index contributed by atoms with van der Waals surface area (Å²) < 4.78 is 0. The molecule has 0 atom stereocenters. The summed E-state index contributed by atoms with van der Waals surface area (Å²) in [6.07, 6.45) is 4.36. The first-order valence-electron chi connectivity index (χ1n) is 3.89. The van der Waals surface area contributed by atoms with Gasteiger partial charge in [0.15, 0.2) is 0 Å². The lowest BCUT2D eigenvalue weighted by Crippen LogP contribution is -2.04. The molecule has 2 rings (SSSR count). The van der Waals surface area contributed by atoms with E-state index in [1.807, 2.05) is 6.07 Å². The van der Waals surface area contributed by atoms with Gasteiger partial charge in [0.05, 0.1) is 17.4 Å². The molecule has 0 fully saturated rings. The summed E-state index contributed by atoms with van der Waals surface area (Å²) in [7, 11) is 0. The Morgan fingerprint density at radius 2 is 2.42 bits per heavy atom. The lowest BCUT2D eigenvalue weighted by molar-refractivity contribution is 0.927. The molecule has 0 aliphatic rings. The highest BCUT2D eigenvalue weighted by molar-refractivity contribution is 5.79. The molecule has 0 spiro atoms. The molecule has 0 unspecified atom stereocenters. The third-order valence-electron chi connectivity index (χ3n) is 1.82. The minimum Gasteiger partial charge on any atom is -0.330 e. The number of rotatable bonds is 2. The Kier molecular flexibility index (Phi) is 1.75. The van der Waals surface area contributed by atoms with Crippen LogP contribution in [0.5, 0.6) is 0 Å². The average molecular weight is 162 g/mol. The fraction of sp³-hybridized carbons (Fsp3) is 0.250. The van der Waals surface area contributed by atoms with Gasteiger partial charge >= 0.3 is 0 Å². The maximum Gasteiger partial charge on any atom is 0.0866 e. The number of nitrogens with zero attached hydrogens (tertiary/aromatic N) is 2. The SMILES string of the molecule is NCCc1nccc2cn[nH]c12. The van der Waals surface area contributed by atoms with Crippen LogP contribution in [-0.4, -0.2) is 21.7 Å².